The molecule has 3 heterocycles. The van der Waals surface area contributed by atoms with Gasteiger partial charge in [-0.15, -0.1) is 5.06 Å². The van der Waals surface area contributed by atoms with Crippen LogP contribution >= 0.6 is 0 Å². The number of hydrogen-bond donors (Lipinski definition) is 4. The molecule has 0 aliphatic carbocycles. The summed E-state index contributed by atoms with van der Waals surface area (Å²) in [5, 5.41) is 26.2. The van der Waals surface area contributed by atoms with Crippen molar-refractivity contribution in [2.75, 3.05) is 44.0 Å². The van der Waals surface area contributed by atoms with E-state index in [0.717, 1.165) is 0 Å². The Morgan fingerprint density at radius 3 is 2.64 bits per heavy atom. The molecule has 0 bridgehead atoms. The lowest BCUT2D eigenvalue weighted by molar-refractivity contribution is -0.151. The molecular weight excluding hydrogens is 472 g/mol. The van der Waals surface area contributed by atoms with E-state index in [4.69, 9.17) is 24.2 Å². The molecule has 2 aromatic heterocycles. The van der Waals surface area contributed by atoms with Crippen LogP contribution in [-0.4, -0.2) is 88.0 Å². The first-order chi connectivity index (χ1) is 17.3. The molecule has 1 saturated heterocycles. The fraction of sp³-hybridized carbons (Fsp3) is 0.565. The second-order valence-electron chi connectivity index (χ2n) is 8.49. The molecule has 1 fully saturated rings. The Hall–Kier alpha value is -3.42. The standard InChI is InChI=1S/C23H34N6O7/c1-14(2)34-23(32)36-29-9-7-17(8-10-29)35-22-20(33-4)21(25-13-26-22)28-18-5-6-19(27-15(18)3)24-11-16(31)12-30/h5-6,13-14,16-17,30-31H,7-12H2,1-4H3,(H,24,27)(H,25,26,28). The van der Waals surface area contributed by atoms with Crippen molar-refractivity contribution >= 4 is 23.5 Å². The van der Waals surface area contributed by atoms with E-state index < -0.39 is 12.3 Å². The Labute approximate surface area is 209 Å². The minimum Gasteiger partial charge on any atom is -0.489 e. The summed E-state index contributed by atoms with van der Waals surface area (Å²) >= 11 is 0. The fourth-order valence-electron chi connectivity index (χ4n) is 3.44. The number of piperidine rings is 1. The number of carbonyl (C=O) groups excluding carboxylic acids is 1. The first-order valence-electron chi connectivity index (χ1n) is 11.8. The van der Waals surface area contributed by atoms with Gasteiger partial charge in [-0.25, -0.2) is 14.8 Å². The molecule has 36 heavy (non-hydrogen) atoms. The van der Waals surface area contributed by atoms with Crippen LogP contribution in [0.1, 0.15) is 32.4 Å². The molecule has 1 atom stereocenters. The van der Waals surface area contributed by atoms with E-state index in [1.54, 1.807) is 25.0 Å². The van der Waals surface area contributed by atoms with Crippen molar-refractivity contribution in [1.29, 1.82) is 0 Å². The van der Waals surface area contributed by atoms with Crippen molar-refractivity contribution in [1.82, 2.24) is 20.0 Å². The van der Waals surface area contributed by atoms with Gasteiger partial charge < -0.3 is 39.9 Å². The van der Waals surface area contributed by atoms with Crippen LogP contribution in [0, 0.1) is 6.92 Å². The molecule has 198 valence electrons. The van der Waals surface area contributed by atoms with Gasteiger partial charge in [0.1, 0.15) is 18.2 Å². The number of methoxy groups -OCH3 is 1. The molecule has 13 nitrogen and oxygen atoms in total. The summed E-state index contributed by atoms with van der Waals surface area (Å²) in [6.07, 6.45) is 0.650. The highest BCUT2D eigenvalue weighted by Crippen LogP contribution is 2.35. The second kappa shape index (κ2) is 13.0. The number of anilines is 3. The van der Waals surface area contributed by atoms with E-state index >= 15 is 0 Å². The van der Waals surface area contributed by atoms with Gasteiger partial charge in [0.15, 0.2) is 5.82 Å². The average Bonchev–Trinajstić information content (AvgIpc) is 2.85. The number of nitrogens with zero attached hydrogens (tertiary/aromatic N) is 4. The first kappa shape index (κ1) is 27.2. The number of nitrogens with one attached hydrogen (secondary N) is 2. The number of aliphatic hydroxyl groups excluding tert-OH is 2. The SMILES string of the molecule is COc1c(Nc2ccc(NCC(O)CO)nc2C)ncnc1OC1CCN(OC(=O)OC(C)C)CC1. The van der Waals surface area contributed by atoms with Gasteiger partial charge in [-0.3, -0.25) is 0 Å². The van der Waals surface area contributed by atoms with Crippen molar-refractivity contribution < 1.29 is 34.1 Å². The van der Waals surface area contributed by atoms with Crippen LogP contribution in [-0.2, 0) is 9.57 Å². The summed E-state index contributed by atoms with van der Waals surface area (Å²) in [4.78, 5) is 29.9. The number of ether oxygens (including phenoxy) is 3. The average molecular weight is 507 g/mol. The smallest absolute Gasteiger partial charge is 0.489 e. The maximum atomic E-state index is 11.7. The number of carbonyl (C=O) groups is 1. The third-order valence-corrected chi connectivity index (χ3v) is 5.26. The Morgan fingerprint density at radius 1 is 1.25 bits per heavy atom. The van der Waals surface area contributed by atoms with E-state index in [0.29, 0.717) is 60.6 Å². The van der Waals surface area contributed by atoms with Crippen molar-refractivity contribution in [3.63, 3.8) is 0 Å². The molecule has 0 amide bonds. The van der Waals surface area contributed by atoms with E-state index in [9.17, 15) is 9.90 Å². The van der Waals surface area contributed by atoms with Gasteiger partial charge in [0, 0.05) is 32.5 Å². The molecule has 1 unspecified atom stereocenters. The van der Waals surface area contributed by atoms with Gasteiger partial charge in [0.2, 0.25) is 5.75 Å². The summed E-state index contributed by atoms with van der Waals surface area (Å²) < 4.78 is 16.7. The number of aliphatic hydroxyl groups is 2. The zero-order valence-electron chi connectivity index (χ0n) is 20.9. The molecule has 1 aliphatic heterocycles. The summed E-state index contributed by atoms with van der Waals surface area (Å²) in [5.41, 5.74) is 1.38. The fourth-order valence-corrected chi connectivity index (χ4v) is 3.44. The topological polar surface area (TPSA) is 160 Å². The molecule has 0 saturated carbocycles. The molecular formula is C23H34N6O7. The Kier molecular flexibility index (Phi) is 9.85. The normalized spacial score (nSPS) is 15.3. The third-order valence-electron chi connectivity index (χ3n) is 5.26. The number of hydroxylamine groups is 2. The number of pyridine rings is 1. The van der Waals surface area contributed by atoms with Crippen LogP contribution in [0.2, 0.25) is 0 Å². The largest absolute Gasteiger partial charge is 0.528 e. The quantitative estimate of drug-likeness (QED) is 0.328. The lowest BCUT2D eigenvalue weighted by atomic mass is 10.1. The van der Waals surface area contributed by atoms with Crippen LogP contribution in [0.4, 0.5) is 22.1 Å². The second-order valence-corrected chi connectivity index (χ2v) is 8.49. The number of aromatic nitrogens is 3. The highest BCUT2D eigenvalue weighted by molar-refractivity contribution is 5.67. The summed E-state index contributed by atoms with van der Waals surface area (Å²) in [6.45, 7) is 6.20. The molecule has 4 N–H and O–H groups in total. The highest BCUT2D eigenvalue weighted by Gasteiger charge is 2.26. The molecule has 0 spiro atoms. The molecule has 0 aromatic carbocycles. The lowest BCUT2D eigenvalue weighted by Crippen LogP contribution is -2.40. The van der Waals surface area contributed by atoms with Crippen molar-refractivity contribution in [3.05, 3.63) is 24.2 Å². The van der Waals surface area contributed by atoms with Crippen molar-refractivity contribution in [2.24, 2.45) is 0 Å². The van der Waals surface area contributed by atoms with E-state index in [1.165, 1.54) is 13.4 Å². The molecule has 13 heteroatoms. The van der Waals surface area contributed by atoms with Crippen LogP contribution in [0.3, 0.4) is 0 Å². The van der Waals surface area contributed by atoms with Crippen molar-refractivity contribution in [3.8, 4) is 11.6 Å². The Bertz CT molecular complexity index is 1000. The van der Waals surface area contributed by atoms with Crippen LogP contribution in [0.25, 0.3) is 0 Å². The van der Waals surface area contributed by atoms with Crippen molar-refractivity contribution in [2.45, 2.75) is 51.9 Å². The summed E-state index contributed by atoms with van der Waals surface area (Å²) in [6, 6.07) is 3.56. The van der Waals surface area contributed by atoms with E-state index in [-0.39, 0.29) is 25.4 Å². The summed E-state index contributed by atoms with van der Waals surface area (Å²) in [5.74, 6) is 1.64. The molecule has 1 aliphatic rings. The number of hydrogen-bond acceptors (Lipinski definition) is 13. The molecule has 3 rings (SSSR count). The molecule has 0 radical (unpaired) electrons. The monoisotopic (exact) mass is 506 g/mol. The minimum atomic E-state index is -0.866. The van der Waals surface area contributed by atoms with Gasteiger partial charge in [-0.05, 0) is 32.9 Å². The first-order valence-corrected chi connectivity index (χ1v) is 11.8. The highest BCUT2D eigenvalue weighted by atomic mass is 16.8. The minimum absolute atomic E-state index is 0.148. The zero-order valence-corrected chi connectivity index (χ0v) is 20.9. The predicted molar refractivity (Wildman–Crippen MR) is 130 cm³/mol. The maximum Gasteiger partial charge on any atom is 0.528 e. The third kappa shape index (κ3) is 7.80. The van der Waals surface area contributed by atoms with E-state index in [1.807, 2.05) is 13.0 Å². The Morgan fingerprint density at radius 2 is 2.00 bits per heavy atom. The maximum absolute atomic E-state index is 11.7. The van der Waals surface area contributed by atoms with Crippen LogP contribution in [0.15, 0.2) is 18.5 Å². The number of aryl methyl sites for hydroxylation is 1. The Balaban J connectivity index is 1.61. The van der Waals surface area contributed by atoms with Crippen LogP contribution in [0.5, 0.6) is 11.6 Å². The predicted octanol–water partition coefficient (Wildman–Crippen LogP) is 2.02. The van der Waals surface area contributed by atoms with Gasteiger partial charge in [-0.1, -0.05) is 0 Å². The van der Waals surface area contributed by atoms with Gasteiger partial charge in [0.25, 0.3) is 5.88 Å². The zero-order chi connectivity index (χ0) is 26.1. The van der Waals surface area contributed by atoms with Gasteiger partial charge >= 0.3 is 6.16 Å². The lowest BCUT2D eigenvalue weighted by Gasteiger charge is -2.30. The summed E-state index contributed by atoms with van der Waals surface area (Å²) in [7, 11) is 1.51. The van der Waals surface area contributed by atoms with E-state index in [2.05, 4.69) is 25.6 Å². The van der Waals surface area contributed by atoms with Gasteiger partial charge in [0.05, 0.1) is 37.3 Å². The number of rotatable bonds is 11. The molecule has 2 aromatic rings. The van der Waals surface area contributed by atoms with Gasteiger partial charge in [-0.2, -0.15) is 4.98 Å². The van der Waals surface area contributed by atoms with Crippen LogP contribution < -0.4 is 20.1 Å².